The molecule has 0 bridgehead atoms. The number of methoxy groups -OCH3 is 1. The third-order valence-corrected chi connectivity index (χ3v) is 1.78. The van der Waals surface area contributed by atoms with Gasteiger partial charge in [0.25, 0.3) is 0 Å². The first-order valence-corrected chi connectivity index (χ1v) is 4.03. The van der Waals surface area contributed by atoms with E-state index in [1.165, 1.54) is 5.57 Å². The Balaban J connectivity index is 3.71. The molecule has 0 radical (unpaired) electrons. The maximum atomic E-state index is 8.58. The zero-order valence-corrected chi connectivity index (χ0v) is 7.63. The van der Waals surface area contributed by atoms with Gasteiger partial charge in [-0.25, -0.2) is 0 Å². The van der Waals surface area contributed by atoms with Crippen LogP contribution in [0.25, 0.3) is 0 Å². The van der Waals surface area contributed by atoms with Crippen LogP contribution in [0.4, 0.5) is 0 Å². The summed E-state index contributed by atoms with van der Waals surface area (Å²) in [7, 11) is 1.72. The molecule has 0 saturated heterocycles. The van der Waals surface area contributed by atoms with Crippen molar-refractivity contribution in [2.45, 2.75) is 32.8 Å². The van der Waals surface area contributed by atoms with Crippen molar-refractivity contribution in [3.63, 3.8) is 0 Å². The van der Waals surface area contributed by atoms with Crippen LogP contribution in [0.3, 0.4) is 0 Å². The minimum atomic E-state index is 0.131. The van der Waals surface area contributed by atoms with E-state index >= 15 is 0 Å². The Bertz CT molecular complexity index is 115. The lowest BCUT2D eigenvalue weighted by atomic mass is 10.1. The van der Waals surface area contributed by atoms with Crippen molar-refractivity contribution in [3.05, 3.63) is 11.6 Å². The van der Waals surface area contributed by atoms with Crippen molar-refractivity contribution >= 4 is 0 Å². The molecule has 0 aromatic heterocycles. The molecule has 0 rings (SSSR count). The van der Waals surface area contributed by atoms with Gasteiger partial charge in [-0.2, -0.15) is 0 Å². The number of rotatable bonds is 5. The molecule has 0 heterocycles. The molecule has 0 aliphatic heterocycles. The van der Waals surface area contributed by atoms with Crippen LogP contribution in [-0.4, -0.2) is 24.9 Å². The highest BCUT2D eigenvalue weighted by Crippen LogP contribution is 2.09. The van der Waals surface area contributed by atoms with Crippen molar-refractivity contribution in [1.29, 1.82) is 0 Å². The topological polar surface area (TPSA) is 29.5 Å². The Kier molecular flexibility index (Phi) is 6.18. The second-order valence-electron chi connectivity index (χ2n) is 2.70. The highest BCUT2D eigenvalue weighted by atomic mass is 16.5. The molecule has 0 aliphatic rings. The van der Waals surface area contributed by atoms with E-state index in [0.717, 1.165) is 12.8 Å². The predicted molar refractivity (Wildman–Crippen MR) is 46.5 cm³/mol. The molecule has 1 unspecified atom stereocenters. The summed E-state index contributed by atoms with van der Waals surface area (Å²) < 4.78 is 5.19. The number of hydrogen-bond donors (Lipinski definition) is 1. The Morgan fingerprint density at radius 1 is 1.64 bits per heavy atom. The molecule has 0 saturated carbocycles. The lowest BCUT2D eigenvalue weighted by Gasteiger charge is -2.12. The van der Waals surface area contributed by atoms with Gasteiger partial charge in [0, 0.05) is 7.11 Å². The summed E-state index contributed by atoms with van der Waals surface area (Å²) in [5.74, 6) is 0. The first-order valence-electron chi connectivity index (χ1n) is 4.03. The number of aliphatic hydroxyl groups excluding tert-OH is 1. The van der Waals surface area contributed by atoms with Gasteiger partial charge < -0.3 is 9.84 Å². The highest BCUT2D eigenvalue weighted by molar-refractivity contribution is 4.99. The molecule has 2 heteroatoms. The van der Waals surface area contributed by atoms with E-state index in [4.69, 9.17) is 9.84 Å². The average molecular weight is 158 g/mol. The van der Waals surface area contributed by atoms with Crippen molar-refractivity contribution in [1.82, 2.24) is 0 Å². The summed E-state index contributed by atoms with van der Waals surface area (Å²) >= 11 is 0. The van der Waals surface area contributed by atoms with Crippen LogP contribution in [-0.2, 0) is 4.74 Å². The maximum absolute atomic E-state index is 8.58. The quantitative estimate of drug-likeness (QED) is 0.617. The minimum Gasteiger partial charge on any atom is -0.392 e. The fraction of sp³-hybridized carbons (Fsp3) is 0.778. The number of hydrogen-bond acceptors (Lipinski definition) is 2. The lowest BCUT2D eigenvalue weighted by Crippen LogP contribution is -2.09. The summed E-state index contributed by atoms with van der Waals surface area (Å²) in [4.78, 5) is 0. The average Bonchev–Trinajstić information content (AvgIpc) is 2.01. The molecule has 11 heavy (non-hydrogen) atoms. The Labute approximate surface area is 68.9 Å². The molecule has 1 N–H and O–H groups in total. The van der Waals surface area contributed by atoms with Crippen LogP contribution in [0, 0.1) is 0 Å². The van der Waals surface area contributed by atoms with Gasteiger partial charge in [-0.1, -0.05) is 18.6 Å². The van der Waals surface area contributed by atoms with E-state index in [1.807, 2.05) is 13.0 Å². The minimum absolute atomic E-state index is 0.131. The predicted octanol–water partition coefficient (Wildman–Crippen LogP) is 1.74. The Morgan fingerprint density at radius 2 is 2.27 bits per heavy atom. The molecule has 0 aromatic carbocycles. The van der Waals surface area contributed by atoms with Crippen LogP contribution >= 0.6 is 0 Å². The molecule has 66 valence electrons. The third-order valence-electron chi connectivity index (χ3n) is 1.78. The molecule has 1 atom stereocenters. The third kappa shape index (κ3) is 4.99. The summed E-state index contributed by atoms with van der Waals surface area (Å²) in [6, 6.07) is 0. The molecule has 0 spiro atoms. The fourth-order valence-corrected chi connectivity index (χ4v) is 0.993. The molecule has 0 amide bonds. The summed E-state index contributed by atoms with van der Waals surface area (Å²) in [5.41, 5.74) is 1.20. The van der Waals surface area contributed by atoms with Crippen LogP contribution in [0.5, 0.6) is 0 Å². The number of ether oxygens (including phenoxy) is 1. The van der Waals surface area contributed by atoms with Gasteiger partial charge in [-0.05, 0) is 19.8 Å². The van der Waals surface area contributed by atoms with Crippen LogP contribution in [0.2, 0.25) is 0 Å². The van der Waals surface area contributed by atoms with Gasteiger partial charge in [-0.3, -0.25) is 0 Å². The van der Waals surface area contributed by atoms with E-state index in [2.05, 4.69) is 6.92 Å². The zero-order chi connectivity index (χ0) is 8.69. The summed E-state index contributed by atoms with van der Waals surface area (Å²) in [6.45, 7) is 4.24. The van der Waals surface area contributed by atoms with Gasteiger partial charge >= 0.3 is 0 Å². The summed E-state index contributed by atoms with van der Waals surface area (Å²) in [6.07, 6.45) is 4.07. The lowest BCUT2D eigenvalue weighted by molar-refractivity contribution is 0.0996. The van der Waals surface area contributed by atoms with Crippen LogP contribution < -0.4 is 0 Å². The van der Waals surface area contributed by atoms with Gasteiger partial charge in [0.15, 0.2) is 0 Å². The second kappa shape index (κ2) is 6.38. The van der Waals surface area contributed by atoms with Crippen LogP contribution in [0.1, 0.15) is 26.7 Å². The van der Waals surface area contributed by atoms with Crippen molar-refractivity contribution in [2.75, 3.05) is 13.7 Å². The first kappa shape index (κ1) is 10.7. The zero-order valence-electron chi connectivity index (χ0n) is 7.63. The van der Waals surface area contributed by atoms with Crippen molar-refractivity contribution in [3.8, 4) is 0 Å². The van der Waals surface area contributed by atoms with Gasteiger partial charge in [0.2, 0.25) is 0 Å². The van der Waals surface area contributed by atoms with E-state index in [0.29, 0.717) is 6.10 Å². The molecule has 0 aliphatic carbocycles. The smallest absolute Gasteiger partial charge is 0.0614 e. The standard InChI is InChI=1S/C9H18O2/c1-4-9(11-3)7-8(2)5-6-10/h5,9-10H,4,6-7H2,1-3H3/b8-5+. The monoisotopic (exact) mass is 158 g/mol. The molecule has 2 nitrogen and oxygen atoms in total. The van der Waals surface area contributed by atoms with Gasteiger partial charge in [-0.15, -0.1) is 0 Å². The number of aliphatic hydroxyl groups is 1. The van der Waals surface area contributed by atoms with Crippen LogP contribution in [0.15, 0.2) is 11.6 Å². The summed E-state index contributed by atoms with van der Waals surface area (Å²) in [5, 5.41) is 8.58. The maximum Gasteiger partial charge on any atom is 0.0614 e. The Hall–Kier alpha value is -0.340. The van der Waals surface area contributed by atoms with Crippen molar-refractivity contribution in [2.24, 2.45) is 0 Å². The van der Waals surface area contributed by atoms with E-state index < -0.39 is 0 Å². The van der Waals surface area contributed by atoms with Gasteiger partial charge in [0.05, 0.1) is 12.7 Å². The molecule has 0 aromatic rings. The fourth-order valence-electron chi connectivity index (χ4n) is 0.993. The normalized spacial score (nSPS) is 15.1. The molecule has 0 fully saturated rings. The van der Waals surface area contributed by atoms with E-state index in [9.17, 15) is 0 Å². The Morgan fingerprint density at radius 3 is 2.64 bits per heavy atom. The molecular weight excluding hydrogens is 140 g/mol. The largest absolute Gasteiger partial charge is 0.392 e. The highest BCUT2D eigenvalue weighted by Gasteiger charge is 2.03. The first-order chi connectivity index (χ1) is 5.24. The second-order valence-corrected chi connectivity index (χ2v) is 2.70. The van der Waals surface area contributed by atoms with E-state index in [-0.39, 0.29) is 6.61 Å². The van der Waals surface area contributed by atoms with Gasteiger partial charge in [0.1, 0.15) is 0 Å². The SMILES string of the molecule is CCC(C/C(C)=C/CO)OC. The van der Waals surface area contributed by atoms with E-state index in [1.54, 1.807) is 7.11 Å². The van der Waals surface area contributed by atoms with Crippen molar-refractivity contribution < 1.29 is 9.84 Å². The molecular formula is C9H18O2.